The van der Waals surface area contributed by atoms with E-state index in [0.717, 1.165) is 31.2 Å². The Bertz CT molecular complexity index is 647. The molecule has 124 valence electrons. The molecule has 1 aliphatic heterocycles. The predicted molar refractivity (Wildman–Crippen MR) is 83.0 cm³/mol. The fraction of sp³-hybridized carbons (Fsp3) is 0.611. The monoisotopic (exact) mass is 318 g/mol. The molecule has 5 heteroatoms. The molecule has 1 saturated carbocycles. The van der Waals surface area contributed by atoms with Crippen molar-refractivity contribution in [3.05, 3.63) is 23.3 Å². The van der Waals surface area contributed by atoms with Gasteiger partial charge in [0, 0.05) is 30.9 Å². The van der Waals surface area contributed by atoms with Crippen molar-refractivity contribution in [2.24, 2.45) is 0 Å². The second-order valence-electron chi connectivity index (χ2n) is 6.71. The predicted octanol–water partition coefficient (Wildman–Crippen LogP) is 3.19. The number of methoxy groups -OCH3 is 2. The highest BCUT2D eigenvalue weighted by molar-refractivity contribution is 6.04. The van der Waals surface area contributed by atoms with Gasteiger partial charge >= 0.3 is 0 Å². The van der Waals surface area contributed by atoms with E-state index < -0.39 is 11.4 Å². The summed E-state index contributed by atoms with van der Waals surface area (Å²) in [5, 5.41) is 0. The Balaban J connectivity index is 1.78. The second kappa shape index (κ2) is 5.21. The molecular formula is C18H22O5. The van der Waals surface area contributed by atoms with Gasteiger partial charge in [0.1, 0.15) is 17.1 Å². The summed E-state index contributed by atoms with van der Waals surface area (Å²) < 4.78 is 23.4. The molecule has 1 aromatic rings. The summed E-state index contributed by atoms with van der Waals surface area (Å²) >= 11 is 0. The fourth-order valence-electron chi connectivity index (χ4n) is 4.18. The van der Waals surface area contributed by atoms with Gasteiger partial charge in [-0.1, -0.05) is 6.42 Å². The lowest BCUT2D eigenvalue weighted by atomic mass is 9.93. The van der Waals surface area contributed by atoms with Crippen LogP contribution < -0.4 is 9.47 Å². The van der Waals surface area contributed by atoms with E-state index in [1.807, 2.05) is 6.07 Å². The normalized spacial score (nSPS) is 28.3. The summed E-state index contributed by atoms with van der Waals surface area (Å²) in [6.07, 6.45) is 5.56. The van der Waals surface area contributed by atoms with Crippen molar-refractivity contribution < 1.29 is 23.7 Å². The van der Waals surface area contributed by atoms with Crippen LogP contribution in [-0.2, 0) is 15.1 Å². The number of carbonyl (C=O) groups is 1. The number of hydrogen-bond donors (Lipinski definition) is 0. The number of benzene rings is 1. The SMILES string of the molecule is COc1cc(OC)c2c(c1)C1(COC3(CCCCC3)O1)CC2=O. The molecule has 1 saturated heterocycles. The summed E-state index contributed by atoms with van der Waals surface area (Å²) in [7, 11) is 3.18. The lowest BCUT2D eigenvalue weighted by Crippen LogP contribution is -2.36. The van der Waals surface area contributed by atoms with Gasteiger partial charge in [-0.25, -0.2) is 0 Å². The minimum absolute atomic E-state index is 0.0518. The van der Waals surface area contributed by atoms with Crippen LogP contribution in [-0.4, -0.2) is 32.4 Å². The maximum absolute atomic E-state index is 12.6. The van der Waals surface area contributed by atoms with E-state index in [4.69, 9.17) is 18.9 Å². The van der Waals surface area contributed by atoms with Gasteiger partial charge in [-0.2, -0.15) is 0 Å². The maximum Gasteiger partial charge on any atom is 0.170 e. The Hall–Kier alpha value is -1.59. The van der Waals surface area contributed by atoms with Crippen LogP contribution in [0.5, 0.6) is 11.5 Å². The summed E-state index contributed by atoms with van der Waals surface area (Å²) in [6.45, 7) is 0.419. The highest BCUT2D eigenvalue weighted by Crippen LogP contribution is 2.53. The van der Waals surface area contributed by atoms with Crippen LogP contribution in [0.2, 0.25) is 0 Å². The third kappa shape index (κ3) is 2.17. The zero-order valence-corrected chi connectivity index (χ0v) is 13.6. The number of ketones is 1. The first-order valence-corrected chi connectivity index (χ1v) is 8.25. The average molecular weight is 318 g/mol. The molecule has 1 aromatic carbocycles. The van der Waals surface area contributed by atoms with Gasteiger partial charge in [0.25, 0.3) is 0 Å². The lowest BCUT2D eigenvalue weighted by molar-refractivity contribution is -0.205. The van der Waals surface area contributed by atoms with Gasteiger partial charge in [-0.15, -0.1) is 0 Å². The first kappa shape index (κ1) is 15.0. The summed E-state index contributed by atoms with van der Waals surface area (Å²) in [5.41, 5.74) is 0.775. The molecule has 0 aromatic heterocycles. The smallest absolute Gasteiger partial charge is 0.170 e. The van der Waals surface area contributed by atoms with E-state index in [0.29, 0.717) is 30.1 Å². The standard InChI is InChI=1S/C18H22O5/c1-20-12-8-13-16(15(9-12)21-2)14(19)10-17(13)11-22-18(23-17)6-4-3-5-7-18/h8-9H,3-7,10-11H2,1-2H3. The van der Waals surface area contributed by atoms with Crippen molar-refractivity contribution in [3.63, 3.8) is 0 Å². The van der Waals surface area contributed by atoms with E-state index in [1.165, 1.54) is 6.42 Å². The van der Waals surface area contributed by atoms with Gasteiger partial charge in [0.2, 0.25) is 0 Å². The number of carbonyl (C=O) groups excluding carboxylic acids is 1. The van der Waals surface area contributed by atoms with Crippen molar-refractivity contribution in [2.45, 2.75) is 49.9 Å². The van der Waals surface area contributed by atoms with Crippen LogP contribution >= 0.6 is 0 Å². The van der Waals surface area contributed by atoms with E-state index in [-0.39, 0.29) is 5.78 Å². The highest BCUT2D eigenvalue weighted by atomic mass is 16.8. The van der Waals surface area contributed by atoms with E-state index >= 15 is 0 Å². The van der Waals surface area contributed by atoms with Crippen molar-refractivity contribution in [1.82, 2.24) is 0 Å². The van der Waals surface area contributed by atoms with Gasteiger partial charge < -0.3 is 18.9 Å². The summed E-state index contributed by atoms with van der Waals surface area (Å²) in [5.74, 6) is 0.754. The molecule has 2 aliphatic carbocycles. The summed E-state index contributed by atoms with van der Waals surface area (Å²) in [6, 6.07) is 3.65. The minimum Gasteiger partial charge on any atom is -0.497 e. The molecule has 4 rings (SSSR count). The van der Waals surface area contributed by atoms with Gasteiger partial charge in [-0.05, 0) is 18.9 Å². The fourth-order valence-corrected chi connectivity index (χ4v) is 4.18. The summed E-state index contributed by atoms with van der Waals surface area (Å²) in [4.78, 5) is 12.6. The van der Waals surface area contributed by atoms with E-state index in [2.05, 4.69) is 0 Å². The van der Waals surface area contributed by atoms with Crippen LogP contribution in [0.3, 0.4) is 0 Å². The van der Waals surface area contributed by atoms with Crippen LogP contribution in [0, 0.1) is 0 Å². The van der Waals surface area contributed by atoms with Gasteiger partial charge in [0.05, 0.1) is 26.4 Å². The molecule has 23 heavy (non-hydrogen) atoms. The average Bonchev–Trinajstić information content (AvgIpc) is 3.06. The number of hydrogen-bond acceptors (Lipinski definition) is 5. The molecule has 0 bridgehead atoms. The molecule has 0 radical (unpaired) electrons. The van der Waals surface area contributed by atoms with E-state index in [1.54, 1.807) is 20.3 Å². The molecule has 1 unspecified atom stereocenters. The molecule has 5 nitrogen and oxygen atoms in total. The number of rotatable bonds is 2. The molecule has 1 heterocycles. The molecule has 3 aliphatic rings. The van der Waals surface area contributed by atoms with Gasteiger partial charge in [-0.3, -0.25) is 4.79 Å². The maximum atomic E-state index is 12.6. The van der Waals surface area contributed by atoms with Crippen molar-refractivity contribution >= 4 is 5.78 Å². The number of Topliss-reactive ketones (excluding diaryl/α,β-unsaturated/α-hetero) is 1. The Labute approximate surface area is 135 Å². The molecule has 2 fully saturated rings. The molecular weight excluding hydrogens is 296 g/mol. The first-order chi connectivity index (χ1) is 11.1. The van der Waals surface area contributed by atoms with E-state index in [9.17, 15) is 4.79 Å². The van der Waals surface area contributed by atoms with Crippen LogP contribution in [0.15, 0.2) is 12.1 Å². The van der Waals surface area contributed by atoms with Crippen molar-refractivity contribution in [2.75, 3.05) is 20.8 Å². The highest BCUT2D eigenvalue weighted by Gasteiger charge is 2.57. The van der Waals surface area contributed by atoms with Crippen LogP contribution in [0.25, 0.3) is 0 Å². The third-order valence-corrected chi connectivity index (χ3v) is 5.31. The first-order valence-electron chi connectivity index (χ1n) is 8.25. The Morgan fingerprint density at radius 2 is 1.87 bits per heavy atom. The number of fused-ring (bicyclic) bond motifs is 2. The molecule has 2 spiro atoms. The van der Waals surface area contributed by atoms with Gasteiger partial charge in [0.15, 0.2) is 11.6 Å². The Morgan fingerprint density at radius 3 is 2.57 bits per heavy atom. The van der Waals surface area contributed by atoms with Crippen molar-refractivity contribution in [1.29, 1.82) is 0 Å². The largest absolute Gasteiger partial charge is 0.497 e. The second-order valence-corrected chi connectivity index (χ2v) is 6.71. The molecule has 0 N–H and O–H groups in total. The zero-order chi connectivity index (χ0) is 16.1. The minimum atomic E-state index is -0.689. The number of ether oxygens (including phenoxy) is 4. The molecule has 1 atom stereocenters. The quantitative estimate of drug-likeness (QED) is 0.838. The third-order valence-electron chi connectivity index (χ3n) is 5.31. The Morgan fingerprint density at radius 1 is 1.09 bits per heavy atom. The van der Waals surface area contributed by atoms with Crippen LogP contribution in [0.4, 0.5) is 0 Å². The van der Waals surface area contributed by atoms with Crippen LogP contribution in [0.1, 0.15) is 54.4 Å². The topological polar surface area (TPSA) is 54.0 Å². The lowest BCUT2D eigenvalue weighted by Gasteiger charge is -2.34. The molecule has 0 amide bonds. The Kier molecular flexibility index (Phi) is 3.39. The zero-order valence-electron chi connectivity index (χ0n) is 13.6. The van der Waals surface area contributed by atoms with Crippen molar-refractivity contribution in [3.8, 4) is 11.5 Å².